The second kappa shape index (κ2) is 11.2. The van der Waals surface area contributed by atoms with E-state index >= 15 is 0 Å². The lowest BCUT2D eigenvalue weighted by Crippen LogP contribution is -2.37. The Morgan fingerprint density at radius 2 is 2.00 bits per heavy atom. The Labute approximate surface area is 157 Å². The minimum atomic E-state index is -3.58. The van der Waals surface area contributed by atoms with Gasteiger partial charge in [-0.3, -0.25) is 4.79 Å². The fourth-order valence-electron chi connectivity index (χ4n) is 2.77. The summed E-state index contributed by atoms with van der Waals surface area (Å²) in [5.41, 5.74) is 0.820. The Bertz CT molecular complexity index is 660. The van der Waals surface area contributed by atoms with E-state index in [0.717, 1.165) is 37.5 Å². The summed E-state index contributed by atoms with van der Waals surface area (Å²) < 4.78 is 32.7. The molecule has 0 aromatic heterocycles. The lowest BCUT2D eigenvalue weighted by Gasteiger charge is -2.27. The van der Waals surface area contributed by atoms with Crippen molar-refractivity contribution in [2.45, 2.75) is 46.1 Å². The number of unbranched alkanes of at least 4 members (excludes halogenated alkanes) is 1. The Hall–Kier alpha value is -1.60. The highest BCUT2D eigenvalue weighted by Crippen LogP contribution is 2.20. The van der Waals surface area contributed by atoms with Crippen LogP contribution >= 0.6 is 0 Å². The standard InChI is InChI=1S/C19H31NO5S/c1-5-7-10-17(6-2)19(21)20(12-13-24-3)15-16-9-8-11-18(14-16)25-26(4,22)23/h8-9,11,14,17H,5-7,10,12-13,15H2,1-4H3/t17-/m0/s1. The molecular formula is C19H31NO5S. The van der Waals surface area contributed by atoms with Crippen molar-refractivity contribution >= 4 is 16.0 Å². The van der Waals surface area contributed by atoms with E-state index in [1.807, 2.05) is 13.0 Å². The highest BCUT2D eigenvalue weighted by atomic mass is 32.2. The molecule has 0 heterocycles. The normalized spacial score (nSPS) is 12.6. The molecule has 1 atom stereocenters. The van der Waals surface area contributed by atoms with Crippen LogP contribution in [0.3, 0.4) is 0 Å². The molecular weight excluding hydrogens is 354 g/mol. The van der Waals surface area contributed by atoms with Crippen LogP contribution in [0.25, 0.3) is 0 Å². The molecule has 1 aromatic rings. The number of ether oxygens (including phenoxy) is 1. The Morgan fingerprint density at radius 1 is 1.27 bits per heavy atom. The molecule has 6 nitrogen and oxygen atoms in total. The van der Waals surface area contributed by atoms with Crippen molar-refractivity contribution in [1.29, 1.82) is 0 Å². The average molecular weight is 386 g/mol. The van der Waals surface area contributed by atoms with Gasteiger partial charge in [-0.1, -0.05) is 38.8 Å². The van der Waals surface area contributed by atoms with Crippen LogP contribution < -0.4 is 4.18 Å². The van der Waals surface area contributed by atoms with Gasteiger partial charge >= 0.3 is 10.1 Å². The van der Waals surface area contributed by atoms with Gasteiger partial charge in [0, 0.05) is 26.1 Å². The number of hydrogen-bond donors (Lipinski definition) is 0. The first-order valence-corrected chi connectivity index (χ1v) is 10.9. The van der Waals surface area contributed by atoms with Gasteiger partial charge in [-0.2, -0.15) is 8.42 Å². The zero-order valence-electron chi connectivity index (χ0n) is 16.2. The van der Waals surface area contributed by atoms with E-state index in [4.69, 9.17) is 8.92 Å². The van der Waals surface area contributed by atoms with E-state index in [2.05, 4.69) is 6.92 Å². The van der Waals surface area contributed by atoms with E-state index < -0.39 is 10.1 Å². The van der Waals surface area contributed by atoms with Gasteiger partial charge in [0.1, 0.15) is 5.75 Å². The van der Waals surface area contributed by atoms with Gasteiger partial charge in [0.05, 0.1) is 12.9 Å². The van der Waals surface area contributed by atoms with Gasteiger partial charge in [0.25, 0.3) is 0 Å². The molecule has 26 heavy (non-hydrogen) atoms. The van der Waals surface area contributed by atoms with Crippen LogP contribution in [0.1, 0.15) is 45.1 Å². The molecule has 0 spiro atoms. The van der Waals surface area contributed by atoms with Crippen molar-refractivity contribution in [2.75, 3.05) is 26.5 Å². The number of hydrogen-bond acceptors (Lipinski definition) is 5. The summed E-state index contributed by atoms with van der Waals surface area (Å²) >= 11 is 0. The van der Waals surface area contributed by atoms with Gasteiger partial charge in [0.15, 0.2) is 0 Å². The van der Waals surface area contributed by atoms with E-state index in [9.17, 15) is 13.2 Å². The molecule has 1 aromatic carbocycles. The summed E-state index contributed by atoms with van der Waals surface area (Å²) in [6, 6.07) is 6.82. The third kappa shape index (κ3) is 8.19. The van der Waals surface area contributed by atoms with Crippen LogP contribution in [0.4, 0.5) is 0 Å². The molecule has 1 amide bonds. The number of carbonyl (C=O) groups excluding carboxylic acids is 1. The molecule has 0 saturated carbocycles. The number of rotatable bonds is 12. The number of methoxy groups -OCH3 is 1. The van der Waals surface area contributed by atoms with E-state index in [-0.39, 0.29) is 17.6 Å². The molecule has 0 unspecified atom stereocenters. The van der Waals surface area contributed by atoms with Gasteiger partial charge in [-0.15, -0.1) is 0 Å². The zero-order valence-corrected chi connectivity index (χ0v) is 17.0. The molecule has 0 bridgehead atoms. The first-order valence-electron chi connectivity index (χ1n) is 9.06. The molecule has 0 radical (unpaired) electrons. The molecule has 0 aliphatic carbocycles. The average Bonchev–Trinajstić information content (AvgIpc) is 2.57. The van der Waals surface area contributed by atoms with Crippen LogP contribution in [0.15, 0.2) is 24.3 Å². The lowest BCUT2D eigenvalue weighted by atomic mass is 9.97. The van der Waals surface area contributed by atoms with Gasteiger partial charge in [0.2, 0.25) is 5.91 Å². The van der Waals surface area contributed by atoms with Gasteiger partial charge in [-0.05, 0) is 30.5 Å². The quantitative estimate of drug-likeness (QED) is 0.517. The van der Waals surface area contributed by atoms with Crippen LogP contribution in [0.5, 0.6) is 5.75 Å². The molecule has 0 aliphatic heterocycles. The maximum atomic E-state index is 12.9. The highest BCUT2D eigenvalue weighted by molar-refractivity contribution is 7.86. The molecule has 0 N–H and O–H groups in total. The Morgan fingerprint density at radius 3 is 2.58 bits per heavy atom. The molecule has 0 aliphatic rings. The van der Waals surface area contributed by atoms with Crippen LogP contribution in [-0.2, 0) is 26.2 Å². The second-order valence-electron chi connectivity index (χ2n) is 6.43. The summed E-state index contributed by atoms with van der Waals surface area (Å²) in [5.74, 6) is 0.372. The predicted octanol–water partition coefficient (Wildman–Crippen LogP) is 3.22. The highest BCUT2D eigenvalue weighted by Gasteiger charge is 2.22. The third-order valence-corrected chi connectivity index (χ3v) is 4.64. The van der Waals surface area contributed by atoms with Crippen LogP contribution in [-0.4, -0.2) is 45.7 Å². The largest absolute Gasteiger partial charge is 0.383 e. The van der Waals surface area contributed by atoms with Crippen molar-refractivity contribution in [1.82, 2.24) is 4.90 Å². The van der Waals surface area contributed by atoms with Crippen molar-refractivity contribution in [3.63, 3.8) is 0 Å². The summed E-state index contributed by atoms with van der Waals surface area (Å²) in [6.07, 6.45) is 4.78. The zero-order chi connectivity index (χ0) is 19.6. The maximum Gasteiger partial charge on any atom is 0.306 e. The number of carbonyl (C=O) groups is 1. The number of benzene rings is 1. The van der Waals surface area contributed by atoms with Crippen molar-refractivity contribution in [2.24, 2.45) is 5.92 Å². The molecule has 148 valence electrons. The molecule has 1 rings (SSSR count). The first kappa shape index (κ1) is 22.4. The summed E-state index contributed by atoms with van der Waals surface area (Å²) in [5, 5.41) is 0. The summed E-state index contributed by atoms with van der Waals surface area (Å²) in [7, 11) is -1.97. The molecule has 7 heteroatoms. The minimum absolute atomic E-state index is 0.00209. The second-order valence-corrected chi connectivity index (χ2v) is 8.01. The lowest BCUT2D eigenvalue weighted by molar-refractivity contribution is -0.137. The Kier molecular flexibility index (Phi) is 9.65. The first-order chi connectivity index (χ1) is 12.3. The molecule has 0 fully saturated rings. The number of nitrogens with zero attached hydrogens (tertiary/aromatic N) is 1. The minimum Gasteiger partial charge on any atom is -0.383 e. The predicted molar refractivity (Wildman–Crippen MR) is 103 cm³/mol. The van der Waals surface area contributed by atoms with Crippen molar-refractivity contribution in [3.05, 3.63) is 29.8 Å². The third-order valence-electron chi connectivity index (χ3n) is 4.14. The van der Waals surface area contributed by atoms with Crippen LogP contribution in [0.2, 0.25) is 0 Å². The Balaban J connectivity index is 2.92. The van der Waals surface area contributed by atoms with E-state index in [0.29, 0.717) is 19.7 Å². The fraction of sp³-hybridized carbons (Fsp3) is 0.632. The monoisotopic (exact) mass is 385 g/mol. The fourth-order valence-corrected chi connectivity index (χ4v) is 3.22. The van der Waals surface area contributed by atoms with Crippen molar-refractivity contribution in [3.8, 4) is 5.75 Å². The smallest absolute Gasteiger partial charge is 0.306 e. The van der Waals surface area contributed by atoms with Gasteiger partial charge in [-0.25, -0.2) is 0 Å². The van der Waals surface area contributed by atoms with Crippen LogP contribution in [0, 0.1) is 5.92 Å². The topological polar surface area (TPSA) is 72.9 Å². The SMILES string of the molecule is CCCC[C@H](CC)C(=O)N(CCOC)Cc1cccc(OS(C)(=O)=O)c1. The number of amides is 1. The maximum absolute atomic E-state index is 12.9. The van der Waals surface area contributed by atoms with Crippen molar-refractivity contribution < 1.29 is 22.1 Å². The summed E-state index contributed by atoms with van der Waals surface area (Å²) in [6.45, 7) is 5.50. The molecule has 0 saturated heterocycles. The van der Waals surface area contributed by atoms with E-state index in [1.165, 1.54) is 0 Å². The van der Waals surface area contributed by atoms with Gasteiger partial charge < -0.3 is 13.8 Å². The summed E-state index contributed by atoms with van der Waals surface area (Å²) in [4.78, 5) is 14.7. The van der Waals surface area contributed by atoms with E-state index in [1.54, 1.807) is 30.2 Å².